The lowest BCUT2D eigenvalue weighted by atomic mass is 10.1. The van der Waals surface area contributed by atoms with Crippen LogP contribution in [0.3, 0.4) is 0 Å². The summed E-state index contributed by atoms with van der Waals surface area (Å²) in [5, 5.41) is 0.791. The van der Waals surface area contributed by atoms with Gasteiger partial charge in [-0.05, 0) is 43.1 Å². The van der Waals surface area contributed by atoms with E-state index in [4.69, 9.17) is 17.3 Å². The molecule has 1 aromatic rings. The largest absolute Gasteiger partial charge is 0.327 e. The van der Waals surface area contributed by atoms with Gasteiger partial charge in [0.2, 0.25) is 0 Å². The van der Waals surface area contributed by atoms with Gasteiger partial charge in [-0.1, -0.05) is 27.5 Å². The molecule has 0 aliphatic carbocycles. The van der Waals surface area contributed by atoms with Crippen molar-refractivity contribution in [1.29, 1.82) is 0 Å². The van der Waals surface area contributed by atoms with E-state index in [1.54, 1.807) is 0 Å². The van der Waals surface area contributed by atoms with E-state index in [9.17, 15) is 0 Å². The van der Waals surface area contributed by atoms with Crippen LogP contribution in [0.15, 0.2) is 22.7 Å². The molecule has 1 atom stereocenters. The van der Waals surface area contributed by atoms with Gasteiger partial charge in [-0.25, -0.2) is 0 Å². The van der Waals surface area contributed by atoms with Crippen molar-refractivity contribution in [3.63, 3.8) is 0 Å². The van der Waals surface area contributed by atoms with Gasteiger partial charge in [0.05, 0.1) is 0 Å². The Hall–Kier alpha value is -0.0900. The molecule has 1 aromatic carbocycles. The second-order valence-corrected chi connectivity index (χ2v) is 5.66. The first-order chi connectivity index (χ1) is 7.65. The topological polar surface area (TPSA) is 29.3 Å². The molecule has 0 saturated carbocycles. The van der Waals surface area contributed by atoms with Crippen molar-refractivity contribution in [2.24, 2.45) is 5.73 Å². The average molecular weight is 304 g/mol. The Balaban J connectivity index is 2.05. The van der Waals surface area contributed by atoms with Crippen LogP contribution in [-0.4, -0.2) is 24.0 Å². The molecule has 0 aromatic heterocycles. The zero-order chi connectivity index (χ0) is 11.5. The first-order valence-electron chi connectivity index (χ1n) is 5.57. The summed E-state index contributed by atoms with van der Waals surface area (Å²) in [6, 6.07) is 6.25. The number of nitrogens with two attached hydrogens (primary N) is 1. The zero-order valence-electron chi connectivity index (χ0n) is 9.13. The molecule has 1 aliphatic heterocycles. The van der Waals surface area contributed by atoms with E-state index < -0.39 is 0 Å². The molecule has 1 aliphatic rings. The molecule has 0 bridgehead atoms. The minimum Gasteiger partial charge on any atom is -0.327 e. The van der Waals surface area contributed by atoms with Crippen LogP contribution >= 0.6 is 27.5 Å². The van der Waals surface area contributed by atoms with E-state index in [1.807, 2.05) is 18.2 Å². The Morgan fingerprint density at radius 2 is 2.31 bits per heavy atom. The van der Waals surface area contributed by atoms with Gasteiger partial charge in [0.1, 0.15) is 0 Å². The van der Waals surface area contributed by atoms with Crippen LogP contribution in [-0.2, 0) is 6.54 Å². The smallest absolute Gasteiger partial charge is 0.0410 e. The number of hydrogen-bond donors (Lipinski definition) is 1. The SMILES string of the molecule is NC1CCCN(Cc2cc(Cl)ccc2Br)C1. The molecule has 16 heavy (non-hydrogen) atoms. The van der Waals surface area contributed by atoms with Gasteiger partial charge < -0.3 is 5.73 Å². The van der Waals surface area contributed by atoms with Crippen molar-refractivity contribution in [3.05, 3.63) is 33.3 Å². The highest BCUT2D eigenvalue weighted by atomic mass is 79.9. The number of piperidine rings is 1. The quantitative estimate of drug-likeness (QED) is 0.910. The maximum Gasteiger partial charge on any atom is 0.0410 e. The van der Waals surface area contributed by atoms with Crippen LogP contribution in [0.1, 0.15) is 18.4 Å². The van der Waals surface area contributed by atoms with E-state index in [-0.39, 0.29) is 0 Å². The molecule has 2 N–H and O–H groups in total. The van der Waals surface area contributed by atoms with Crippen molar-refractivity contribution in [1.82, 2.24) is 4.90 Å². The van der Waals surface area contributed by atoms with Crippen LogP contribution in [0.2, 0.25) is 5.02 Å². The molecule has 2 nitrogen and oxygen atoms in total. The molecular weight excluding hydrogens is 288 g/mol. The maximum atomic E-state index is 6.00. The maximum absolute atomic E-state index is 6.00. The molecule has 1 fully saturated rings. The molecule has 1 heterocycles. The molecule has 2 rings (SSSR count). The Bertz CT molecular complexity index is 370. The van der Waals surface area contributed by atoms with Crippen molar-refractivity contribution in [3.8, 4) is 0 Å². The molecule has 1 saturated heterocycles. The lowest BCUT2D eigenvalue weighted by molar-refractivity contribution is 0.201. The summed E-state index contributed by atoms with van der Waals surface area (Å²) < 4.78 is 1.12. The lowest BCUT2D eigenvalue weighted by Crippen LogP contribution is -2.42. The molecule has 0 radical (unpaired) electrons. The minimum absolute atomic E-state index is 0.326. The van der Waals surface area contributed by atoms with Gasteiger partial charge in [-0.15, -0.1) is 0 Å². The number of nitrogens with zero attached hydrogens (tertiary/aromatic N) is 1. The zero-order valence-corrected chi connectivity index (χ0v) is 11.5. The van der Waals surface area contributed by atoms with Gasteiger partial charge in [0.15, 0.2) is 0 Å². The number of likely N-dealkylation sites (tertiary alicyclic amines) is 1. The van der Waals surface area contributed by atoms with E-state index in [2.05, 4.69) is 20.8 Å². The van der Waals surface area contributed by atoms with Crippen LogP contribution in [0.25, 0.3) is 0 Å². The second kappa shape index (κ2) is 5.50. The summed E-state index contributed by atoms with van der Waals surface area (Å²) >= 11 is 9.55. The van der Waals surface area contributed by atoms with Crippen LogP contribution in [0.4, 0.5) is 0 Å². The number of hydrogen-bond acceptors (Lipinski definition) is 2. The highest BCUT2D eigenvalue weighted by Crippen LogP contribution is 2.23. The monoisotopic (exact) mass is 302 g/mol. The highest BCUT2D eigenvalue weighted by molar-refractivity contribution is 9.10. The van der Waals surface area contributed by atoms with Gasteiger partial charge in [-0.3, -0.25) is 4.90 Å². The number of rotatable bonds is 2. The van der Waals surface area contributed by atoms with Crippen molar-refractivity contribution >= 4 is 27.5 Å². The highest BCUT2D eigenvalue weighted by Gasteiger charge is 2.17. The van der Waals surface area contributed by atoms with Crippen molar-refractivity contribution in [2.75, 3.05) is 13.1 Å². The number of benzene rings is 1. The molecule has 88 valence electrons. The summed E-state index contributed by atoms with van der Waals surface area (Å²) in [5.74, 6) is 0. The standard InChI is InChI=1S/C12H16BrClN2/c13-12-4-3-10(14)6-9(12)7-16-5-1-2-11(15)8-16/h3-4,6,11H,1-2,5,7-8,15H2. The van der Waals surface area contributed by atoms with E-state index in [1.165, 1.54) is 12.0 Å². The predicted molar refractivity (Wildman–Crippen MR) is 71.6 cm³/mol. The molecule has 1 unspecified atom stereocenters. The molecule has 4 heteroatoms. The summed E-state index contributed by atoms with van der Waals surface area (Å²) in [5.41, 5.74) is 7.20. The van der Waals surface area contributed by atoms with Crippen molar-refractivity contribution < 1.29 is 0 Å². The lowest BCUT2D eigenvalue weighted by Gasteiger charge is -2.30. The van der Waals surface area contributed by atoms with Gasteiger partial charge in [-0.2, -0.15) is 0 Å². The van der Waals surface area contributed by atoms with E-state index >= 15 is 0 Å². The number of halogens is 2. The fourth-order valence-electron chi connectivity index (χ4n) is 2.14. The van der Waals surface area contributed by atoms with Crippen LogP contribution in [0, 0.1) is 0 Å². The fraction of sp³-hybridized carbons (Fsp3) is 0.500. The summed E-state index contributed by atoms with van der Waals surface area (Å²) in [6.45, 7) is 3.04. The molecule has 0 amide bonds. The van der Waals surface area contributed by atoms with Crippen LogP contribution in [0.5, 0.6) is 0 Å². The predicted octanol–water partition coefficient (Wildman–Crippen LogP) is 3.03. The third-order valence-electron chi connectivity index (χ3n) is 2.94. The molecular formula is C12H16BrClN2. The third kappa shape index (κ3) is 3.20. The Morgan fingerprint density at radius 1 is 1.50 bits per heavy atom. The summed E-state index contributed by atoms with van der Waals surface area (Å²) in [7, 11) is 0. The second-order valence-electron chi connectivity index (χ2n) is 4.37. The first kappa shape index (κ1) is 12.4. The fourth-order valence-corrected chi connectivity index (χ4v) is 2.71. The van der Waals surface area contributed by atoms with Gasteiger partial charge in [0, 0.05) is 28.6 Å². The average Bonchev–Trinajstić information content (AvgIpc) is 2.24. The minimum atomic E-state index is 0.326. The van der Waals surface area contributed by atoms with Crippen molar-refractivity contribution in [2.45, 2.75) is 25.4 Å². The normalized spacial score (nSPS) is 22.3. The Kier molecular flexibility index (Phi) is 4.25. The van der Waals surface area contributed by atoms with E-state index in [0.29, 0.717) is 6.04 Å². The van der Waals surface area contributed by atoms with E-state index in [0.717, 1.165) is 35.6 Å². The van der Waals surface area contributed by atoms with Gasteiger partial charge in [0.25, 0.3) is 0 Å². The molecule has 0 spiro atoms. The summed E-state index contributed by atoms with van der Waals surface area (Å²) in [4.78, 5) is 2.39. The third-order valence-corrected chi connectivity index (χ3v) is 3.95. The summed E-state index contributed by atoms with van der Waals surface area (Å²) in [6.07, 6.45) is 2.34. The Morgan fingerprint density at radius 3 is 3.06 bits per heavy atom. The first-order valence-corrected chi connectivity index (χ1v) is 6.74. The Labute approximate surface area is 110 Å². The van der Waals surface area contributed by atoms with Gasteiger partial charge >= 0.3 is 0 Å². The van der Waals surface area contributed by atoms with Crippen LogP contribution < -0.4 is 5.73 Å².